The third-order valence-corrected chi connectivity index (χ3v) is 6.19. The summed E-state index contributed by atoms with van der Waals surface area (Å²) in [4.78, 5) is 24.3. The Bertz CT molecular complexity index is 776. The van der Waals surface area contributed by atoms with Crippen molar-refractivity contribution in [3.8, 4) is 5.75 Å². The van der Waals surface area contributed by atoms with Gasteiger partial charge < -0.3 is 14.6 Å². The van der Waals surface area contributed by atoms with E-state index in [1.807, 2.05) is 19.1 Å². The second kappa shape index (κ2) is 14.8. The first-order chi connectivity index (χ1) is 15.9. The lowest BCUT2D eigenvalue weighted by Crippen LogP contribution is -2.17. The third kappa shape index (κ3) is 9.66. The molecule has 184 valence electrons. The number of hydrogen-bond donors (Lipinski definition) is 1. The van der Waals surface area contributed by atoms with Crippen LogP contribution in [-0.2, 0) is 20.7 Å². The van der Waals surface area contributed by atoms with Crippen LogP contribution in [0.1, 0.15) is 77.2 Å². The maximum Gasteiger partial charge on any atom is 0.344 e. The van der Waals surface area contributed by atoms with E-state index in [1.165, 1.54) is 18.2 Å². The molecule has 1 aromatic carbocycles. The first kappa shape index (κ1) is 27.0. The SMILES string of the molecule is CCCCC[C@H](O)/C=C/[C@H]1CCC(=O)[C@@H]1CCc1cc(F)ccc1OCC(=O)OCCCC. The Kier molecular flexibility index (Phi) is 12.2. The van der Waals surface area contributed by atoms with Crippen LogP contribution in [0.15, 0.2) is 30.4 Å². The number of halogens is 1. The predicted molar refractivity (Wildman–Crippen MR) is 127 cm³/mol. The molecule has 5 nitrogen and oxygen atoms in total. The van der Waals surface area contributed by atoms with Gasteiger partial charge in [0.05, 0.1) is 12.7 Å². The van der Waals surface area contributed by atoms with E-state index >= 15 is 0 Å². The smallest absolute Gasteiger partial charge is 0.344 e. The van der Waals surface area contributed by atoms with Crippen LogP contribution in [0.5, 0.6) is 5.75 Å². The maximum absolute atomic E-state index is 13.9. The van der Waals surface area contributed by atoms with Crippen LogP contribution in [-0.4, -0.2) is 36.2 Å². The molecule has 1 saturated carbocycles. The molecule has 3 atom stereocenters. The Balaban J connectivity index is 1.94. The Hall–Kier alpha value is -2.21. The van der Waals surface area contributed by atoms with Crippen LogP contribution in [0.3, 0.4) is 0 Å². The minimum atomic E-state index is -0.479. The molecule has 0 amide bonds. The van der Waals surface area contributed by atoms with E-state index in [9.17, 15) is 19.1 Å². The van der Waals surface area contributed by atoms with Crippen LogP contribution < -0.4 is 4.74 Å². The van der Waals surface area contributed by atoms with Gasteiger partial charge in [-0.05, 0) is 61.8 Å². The van der Waals surface area contributed by atoms with E-state index in [-0.39, 0.29) is 30.0 Å². The predicted octanol–water partition coefficient (Wildman–Crippen LogP) is 5.57. The minimum Gasteiger partial charge on any atom is -0.482 e. The Morgan fingerprint density at radius 3 is 2.79 bits per heavy atom. The number of ether oxygens (including phenoxy) is 2. The number of aliphatic hydroxyl groups excluding tert-OH is 1. The number of allylic oxidation sites excluding steroid dienone is 1. The highest BCUT2D eigenvalue weighted by Gasteiger charge is 2.32. The summed E-state index contributed by atoms with van der Waals surface area (Å²) in [6.07, 6.45) is 11.4. The van der Waals surface area contributed by atoms with Gasteiger partial charge in [-0.25, -0.2) is 9.18 Å². The number of aliphatic hydroxyl groups is 1. The van der Waals surface area contributed by atoms with Gasteiger partial charge in [0.25, 0.3) is 0 Å². The van der Waals surface area contributed by atoms with Gasteiger partial charge in [0.2, 0.25) is 0 Å². The summed E-state index contributed by atoms with van der Waals surface area (Å²) >= 11 is 0. The summed E-state index contributed by atoms with van der Waals surface area (Å²) in [5.41, 5.74) is 0.637. The molecule has 0 spiro atoms. The molecule has 1 aromatic rings. The zero-order valence-corrected chi connectivity index (χ0v) is 20.1. The largest absolute Gasteiger partial charge is 0.482 e. The number of Topliss-reactive ketones (excluding diaryl/α,β-unsaturated/α-hetero) is 1. The molecule has 2 rings (SSSR count). The van der Waals surface area contributed by atoms with Gasteiger partial charge in [-0.2, -0.15) is 0 Å². The quantitative estimate of drug-likeness (QED) is 0.209. The zero-order chi connectivity index (χ0) is 24.1. The average molecular weight is 463 g/mol. The highest BCUT2D eigenvalue weighted by atomic mass is 19.1. The molecule has 0 aromatic heterocycles. The van der Waals surface area contributed by atoms with Crippen molar-refractivity contribution >= 4 is 11.8 Å². The van der Waals surface area contributed by atoms with Crippen molar-refractivity contribution in [3.63, 3.8) is 0 Å². The van der Waals surface area contributed by atoms with Gasteiger partial charge in [0.15, 0.2) is 6.61 Å². The van der Waals surface area contributed by atoms with Crippen molar-refractivity contribution < 1.29 is 28.6 Å². The van der Waals surface area contributed by atoms with Crippen molar-refractivity contribution in [1.82, 2.24) is 0 Å². The Labute approximate surface area is 197 Å². The molecule has 0 aliphatic heterocycles. The van der Waals surface area contributed by atoms with Crippen LogP contribution >= 0.6 is 0 Å². The lowest BCUT2D eigenvalue weighted by molar-refractivity contribution is -0.146. The molecule has 0 radical (unpaired) electrons. The number of hydrogen-bond acceptors (Lipinski definition) is 5. The van der Waals surface area contributed by atoms with E-state index in [1.54, 1.807) is 0 Å². The summed E-state index contributed by atoms with van der Waals surface area (Å²) in [7, 11) is 0. The topological polar surface area (TPSA) is 72.8 Å². The number of ketones is 1. The second-order valence-corrected chi connectivity index (χ2v) is 8.88. The standard InChI is InChI=1S/C27H39FO5/c1-3-5-7-8-23(29)13-9-20-11-15-25(30)24(20)14-10-21-18-22(28)12-16-26(21)33-19-27(31)32-17-6-4-2/h9,12-13,16,18,20,23-24,29H,3-8,10-11,14-15,17,19H2,1-2H3/b13-9+/t20-,23-,24+/m0/s1. The summed E-state index contributed by atoms with van der Waals surface area (Å²) in [5, 5.41) is 10.2. The molecule has 1 N–H and O–H groups in total. The minimum absolute atomic E-state index is 0.0878. The fourth-order valence-corrected chi connectivity index (χ4v) is 4.21. The van der Waals surface area contributed by atoms with E-state index in [4.69, 9.17) is 9.47 Å². The molecule has 0 saturated heterocycles. The monoisotopic (exact) mass is 462 g/mol. The van der Waals surface area contributed by atoms with Crippen LogP contribution in [0.25, 0.3) is 0 Å². The first-order valence-corrected chi connectivity index (χ1v) is 12.4. The van der Waals surface area contributed by atoms with E-state index < -0.39 is 12.1 Å². The maximum atomic E-state index is 13.9. The molecule has 1 aliphatic carbocycles. The summed E-state index contributed by atoms with van der Waals surface area (Å²) in [6.45, 7) is 4.28. The molecule has 1 fully saturated rings. The lowest BCUT2D eigenvalue weighted by atomic mass is 9.88. The molecular weight excluding hydrogens is 423 g/mol. The summed E-state index contributed by atoms with van der Waals surface area (Å²) in [6, 6.07) is 4.22. The summed E-state index contributed by atoms with van der Waals surface area (Å²) < 4.78 is 24.6. The lowest BCUT2D eigenvalue weighted by Gasteiger charge is -2.17. The number of aryl methyl sites for hydroxylation is 1. The van der Waals surface area contributed by atoms with Crippen molar-refractivity contribution in [3.05, 3.63) is 41.7 Å². The Morgan fingerprint density at radius 2 is 2.03 bits per heavy atom. The van der Waals surface area contributed by atoms with E-state index in [2.05, 4.69) is 6.92 Å². The Morgan fingerprint density at radius 1 is 1.24 bits per heavy atom. The number of carbonyl (C=O) groups is 2. The second-order valence-electron chi connectivity index (χ2n) is 8.88. The number of rotatable bonds is 15. The highest BCUT2D eigenvalue weighted by Crippen LogP contribution is 2.34. The number of benzene rings is 1. The molecule has 0 bridgehead atoms. The average Bonchev–Trinajstić information content (AvgIpc) is 3.15. The van der Waals surface area contributed by atoms with Crippen molar-refractivity contribution in [2.75, 3.05) is 13.2 Å². The third-order valence-electron chi connectivity index (χ3n) is 6.19. The van der Waals surface area contributed by atoms with Crippen LogP contribution in [0, 0.1) is 17.7 Å². The van der Waals surface area contributed by atoms with Gasteiger partial charge >= 0.3 is 5.97 Å². The molecule has 33 heavy (non-hydrogen) atoms. The van der Waals surface area contributed by atoms with Gasteiger partial charge in [0.1, 0.15) is 17.3 Å². The van der Waals surface area contributed by atoms with Gasteiger partial charge in [-0.15, -0.1) is 0 Å². The number of esters is 1. The molecule has 6 heteroatoms. The highest BCUT2D eigenvalue weighted by molar-refractivity contribution is 5.83. The number of carbonyl (C=O) groups excluding carboxylic acids is 2. The first-order valence-electron chi connectivity index (χ1n) is 12.4. The van der Waals surface area contributed by atoms with Gasteiger partial charge in [0, 0.05) is 12.3 Å². The van der Waals surface area contributed by atoms with E-state index in [0.717, 1.165) is 44.9 Å². The van der Waals surface area contributed by atoms with Gasteiger partial charge in [-0.3, -0.25) is 4.79 Å². The van der Waals surface area contributed by atoms with Crippen LogP contribution in [0.4, 0.5) is 4.39 Å². The fourth-order valence-electron chi connectivity index (χ4n) is 4.21. The van der Waals surface area contributed by atoms with Crippen molar-refractivity contribution in [2.24, 2.45) is 11.8 Å². The molecular formula is C27H39FO5. The van der Waals surface area contributed by atoms with Crippen LogP contribution in [0.2, 0.25) is 0 Å². The molecule has 0 heterocycles. The van der Waals surface area contributed by atoms with Gasteiger partial charge in [-0.1, -0.05) is 51.7 Å². The summed E-state index contributed by atoms with van der Waals surface area (Å²) in [5.74, 6) is -0.250. The fraction of sp³-hybridized carbons (Fsp3) is 0.630. The number of unbranched alkanes of at least 4 members (excludes halogenated alkanes) is 3. The molecule has 1 aliphatic rings. The molecule has 0 unspecified atom stereocenters. The normalized spacial score (nSPS) is 19.2. The van der Waals surface area contributed by atoms with Crippen molar-refractivity contribution in [1.29, 1.82) is 0 Å². The van der Waals surface area contributed by atoms with E-state index in [0.29, 0.717) is 37.2 Å². The zero-order valence-electron chi connectivity index (χ0n) is 20.1. The van der Waals surface area contributed by atoms with Crippen molar-refractivity contribution in [2.45, 2.75) is 84.2 Å².